The van der Waals surface area contributed by atoms with Crippen LogP contribution in [0.3, 0.4) is 0 Å². The zero-order valence-corrected chi connectivity index (χ0v) is 24.9. The maximum atomic E-state index is 12.2. The minimum absolute atomic E-state index is 0.274. The summed E-state index contributed by atoms with van der Waals surface area (Å²) in [7, 11) is -16.4. The van der Waals surface area contributed by atoms with Gasteiger partial charge in [0.2, 0.25) is 0 Å². The molecular formula is C15H24Br2N5O12P3. The monoisotopic (exact) mass is 717 g/mol. The molecule has 1 aliphatic heterocycles. The highest BCUT2D eigenvalue weighted by Crippen LogP contribution is 2.81. The molecule has 0 radical (unpaired) electrons. The lowest BCUT2D eigenvalue weighted by molar-refractivity contribution is -0.0501. The van der Waals surface area contributed by atoms with Gasteiger partial charge in [-0.25, -0.2) is 23.8 Å². The molecular weight excluding hydrogens is 695 g/mol. The van der Waals surface area contributed by atoms with Crippen molar-refractivity contribution in [1.82, 2.24) is 19.5 Å². The van der Waals surface area contributed by atoms with Gasteiger partial charge in [-0.15, -0.1) is 0 Å². The quantitative estimate of drug-likeness (QED) is 0.141. The molecule has 0 amide bonds. The molecule has 2 aromatic rings. The molecule has 17 nitrogen and oxygen atoms in total. The highest BCUT2D eigenvalue weighted by atomic mass is 79.9. The van der Waals surface area contributed by atoms with Crippen molar-refractivity contribution >= 4 is 71.9 Å². The van der Waals surface area contributed by atoms with Gasteiger partial charge in [-0.1, -0.05) is 0 Å². The second kappa shape index (κ2) is 11.3. The summed E-state index contributed by atoms with van der Waals surface area (Å²) in [6.45, 7) is 4.21. The van der Waals surface area contributed by atoms with Gasteiger partial charge in [-0.3, -0.25) is 18.2 Å². The van der Waals surface area contributed by atoms with Crippen LogP contribution >= 0.6 is 54.9 Å². The Morgan fingerprint density at radius 1 is 1.08 bits per heavy atom. The number of hydrogen-bond donors (Lipinski definition) is 6. The van der Waals surface area contributed by atoms with E-state index in [9.17, 15) is 43.5 Å². The topological polar surface area (TPSA) is 247 Å². The van der Waals surface area contributed by atoms with Gasteiger partial charge in [0.1, 0.15) is 24.6 Å². The van der Waals surface area contributed by atoms with E-state index in [1.807, 2.05) is 18.7 Å². The van der Waals surface area contributed by atoms with E-state index in [0.29, 0.717) is 24.4 Å². The minimum Gasteiger partial charge on any atom is -0.387 e. The molecule has 22 heteroatoms. The number of hydrogen-bond acceptors (Lipinski definition) is 12. The van der Waals surface area contributed by atoms with Crippen molar-refractivity contribution in [2.45, 2.75) is 41.1 Å². The largest absolute Gasteiger partial charge is 0.479 e. The molecule has 37 heavy (non-hydrogen) atoms. The average molecular weight is 719 g/mol. The van der Waals surface area contributed by atoms with Crippen LogP contribution in [0.2, 0.25) is 0 Å². The third kappa shape index (κ3) is 6.20. The molecule has 0 aromatic carbocycles. The number of aliphatic hydroxyl groups excluding tert-OH is 2. The molecule has 1 fully saturated rings. The standard InChI is InChI=1S/C15H24Br2N5O12P3/c1-3-21(4-2)12-9-13(19-6-18-12)22(7-20-9)14-11(24)10(23)8(33-14)5-32-37(30,31)34-36(28,29)15(16,17)35(25,26)27/h6-8,10-11,14,23-24H,3-5H2,1-2H3,(H,28,29)(H,30,31)(H2,25,26,27)/t8-,10-,11-,14+/m0/s1. The van der Waals surface area contributed by atoms with E-state index in [1.54, 1.807) is 0 Å². The SMILES string of the molecule is CCN(CC)c1ncnc2c1ncn2[C@@H]1O[C@@H](COP(=O)(O)OP(=O)(O)C(Br)(Br)P(=O)(O)O)[C@H](O)[C@@H]1O. The Bertz CT molecular complexity index is 1270. The minimum atomic E-state index is -5.58. The van der Waals surface area contributed by atoms with Gasteiger partial charge in [0.15, 0.2) is 23.2 Å². The number of phosphoric ester groups is 1. The van der Waals surface area contributed by atoms with Crippen LogP contribution in [0.25, 0.3) is 11.2 Å². The molecule has 0 spiro atoms. The summed E-state index contributed by atoms with van der Waals surface area (Å²) in [5.41, 5.74) is 0.678. The predicted molar refractivity (Wildman–Crippen MR) is 134 cm³/mol. The fourth-order valence-corrected chi connectivity index (χ4v) is 8.27. The molecule has 2 unspecified atom stereocenters. The lowest BCUT2D eigenvalue weighted by Crippen LogP contribution is -2.33. The summed E-state index contributed by atoms with van der Waals surface area (Å²) in [4.78, 5) is 52.8. The number of halogens is 2. The van der Waals surface area contributed by atoms with Gasteiger partial charge in [-0.05, 0) is 45.7 Å². The Kier molecular flexibility index (Phi) is 9.48. The Labute approximate surface area is 226 Å². The number of rotatable bonds is 11. The van der Waals surface area contributed by atoms with Crippen LogP contribution in [0.5, 0.6) is 0 Å². The lowest BCUT2D eigenvalue weighted by atomic mass is 10.1. The summed E-state index contributed by atoms with van der Waals surface area (Å²) in [6, 6.07) is 0. The third-order valence-corrected chi connectivity index (χ3v) is 15.9. The number of nitrogens with zero attached hydrogens (tertiary/aromatic N) is 5. The van der Waals surface area contributed by atoms with E-state index < -0.39 is 56.9 Å². The van der Waals surface area contributed by atoms with Crippen LogP contribution < -0.4 is 4.90 Å². The molecule has 6 N–H and O–H groups in total. The fraction of sp³-hybridized carbons (Fsp3) is 0.667. The van der Waals surface area contributed by atoms with Crippen molar-refractivity contribution in [3.05, 3.63) is 12.7 Å². The maximum Gasteiger partial charge on any atom is 0.479 e. The molecule has 0 aliphatic carbocycles. The van der Waals surface area contributed by atoms with Crippen molar-refractivity contribution in [3.63, 3.8) is 0 Å². The summed E-state index contributed by atoms with van der Waals surface area (Å²) in [5, 5.41) is 21.0. The zero-order chi connectivity index (χ0) is 28.0. The molecule has 3 heterocycles. The second-order valence-electron chi connectivity index (χ2n) is 7.66. The highest BCUT2D eigenvalue weighted by molar-refractivity contribution is 9.29. The van der Waals surface area contributed by atoms with E-state index >= 15 is 0 Å². The number of imidazole rings is 1. The second-order valence-corrected chi connectivity index (χ2v) is 19.2. The molecule has 1 saturated heterocycles. The normalized spacial score (nSPS) is 26.2. The number of ether oxygens (including phenoxy) is 1. The maximum absolute atomic E-state index is 12.2. The van der Waals surface area contributed by atoms with Crippen molar-refractivity contribution in [1.29, 1.82) is 0 Å². The van der Waals surface area contributed by atoms with Gasteiger partial charge in [0.05, 0.1) is 12.9 Å². The van der Waals surface area contributed by atoms with Crippen LogP contribution in [0.4, 0.5) is 5.82 Å². The van der Waals surface area contributed by atoms with Gasteiger partial charge in [0, 0.05) is 13.1 Å². The smallest absolute Gasteiger partial charge is 0.387 e. The number of aliphatic hydroxyl groups is 2. The summed E-state index contributed by atoms with van der Waals surface area (Å²) < 4.78 is 48.5. The Morgan fingerprint density at radius 3 is 2.27 bits per heavy atom. The molecule has 210 valence electrons. The molecule has 0 saturated carbocycles. The van der Waals surface area contributed by atoms with E-state index in [-0.39, 0.29) is 5.65 Å². The zero-order valence-electron chi connectivity index (χ0n) is 19.1. The first-order chi connectivity index (χ1) is 17.0. The predicted octanol–water partition coefficient (Wildman–Crippen LogP) is 1.19. The third-order valence-electron chi connectivity index (χ3n) is 5.32. The van der Waals surface area contributed by atoms with Crippen molar-refractivity contribution in [2.75, 3.05) is 24.6 Å². The number of fused-ring (bicyclic) bond motifs is 1. The van der Waals surface area contributed by atoms with Crippen LogP contribution in [0.15, 0.2) is 12.7 Å². The van der Waals surface area contributed by atoms with Crippen LogP contribution in [0, 0.1) is 0 Å². The summed E-state index contributed by atoms with van der Waals surface area (Å²) in [6.07, 6.45) is -3.33. The van der Waals surface area contributed by atoms with Gasteiger partial charge in [-0.2, -0.15) is 0 Å². The van der Waals surface area contributed by atoms with Crippen molar-refractivity contribution < 1.29 is 57.1 Å². The van der Waals surface area contributed by atoms with Crippen LogP contribution in [-0.2, 0) is 27.3 Å². The Balaban J connectivity index is 1.77. The van der Waals surface area contributed by atoms with Crippen LogP contribution in [-0.4, -0.2) is 90.0 Å². The molecule has 1 aliphatic rings. The van der Waals surface area contributed by atoms with E-state index in [1.165, 1.54) is 17.2 Å². The molecule has 6 atom stereocenters. The summed E-state index contributed by atoms with van der Waals surface area (Å²) >= 11 is 4.58. The van der Waals surface area contributed by atoms with Gasteiger partial charge < -0.3 is 39.4 Å². The van der Waals surface area contributed by atoms with Crippen molar-refractivity contribution in [3.8, 4) is 0 Å². The van der Waals surface area contributed by atoms with Gasteiger partial charge in [0.25, 0.3) is 2.72 Å². The molecule has 2 aromatic heterocycles. The van der Waals surface area contributed by atoms with Gasteiger partial charge >= 0.3 is 23.0 Å². The number of anilines is 1. The Hall–Kier alpha value is -0.360. The van der Waals surface area contributed by atoms with E-state index in [0.717, 1.165) is 0 Å². The Morgan fingerprint density at radius 2 is 1.70 bits per heavy atom. The average Bonchev–Trinajstić information content (AvgIpc) is 3.33. The lowest BCUT2D eigenvalue weighted by Gasteiger charge is -2.27. The first-order valence-electron chi connectivity index (χ1n) is 10.4. The summed E-state index contributed by atoms with van der Waals surface area (Å²) in [5.74, 6) is 0.540. The number of phosphoric acid groups is 1. The molecule has 3 rings (SSSR count). The molecule has 0 bridgehead atoms. The number of alkyl halides is 2. The number of aromatic nitrogens is 4. The van der Waals surface area contributed by atoms with E-state index in [2.05, 4.69) is 55.6 Å². The van der Waals surface area contributed by atoms with E-state index in [4.69, 9.17) is 4.74 Å². The highest BCUT2D eigenvalue weighted by Gasteiger charge is 2.61. The first-order valence-corrected chi connectivity index (χ1v) is 16.6. The first kappa shape index (κ1) is 31.2. The van der Waals surface area contributed by atoms with Crippen molar-refractivity contribution in [2.24, 2.45) is 0 Å². The van der Waals surface area contributed by atoms with Crippen LogP contribution in [0.1, 0.15) is 20.1 Å². The fourth-order valence-electron chi connectivity index (χ4n) is 3.42.